The third kappa shape index (κ3) is 6.78. The number of hydrogen-bond donors (Lipinski definition) is 2. The van der Waals surface area contributed by atoms with Gasteiger partial charge in [0.25, 0.3) is 5.91 Å². The predicted octanol–water partition coefficient (Wildman–Crippen LogP) is 1.17. The van der Waals surface area contributed by atoms with Crippen LogP contribution in [-0.2, 0) is 24.3 Å². The van der Waals surface area contributed by atoms with Crippen molar-refractivity contribution >= 4 is 33.5 Å². The molecule has 0 bridgehead atoms. The molecule has 2 rings (SSSR count). The van der Waals surface area contributed by atoms with E-state index in [0.717, 1.165) is 0 Å². The first-order valence-electron chi connectivity index (χ1n) is 9.19. The summed E-state index contributed by atoms with van der Waals surface area (Å²) in [5.74, 6) is -0.805. The number of anilines is 2. The summed E-state index contributed by atoms with van der Waals surface area (Å²) >= 11 is 0. The molecular weight excluding hydrogens is 410 g/mol. The highest BCUT2D eigenvalue weighted by Gasteiger charge is 2.20. The van der Waals surface area contributed by atoms with E-state index in [1.165, 1.54) is 36.1 Å². The zero-order chi connectivity index (χ0) is 22.3. The zero-order valence-electron chi connectivity index (χ0n) is 17.2. The van der Waals surface area contributed by atoms with Gasteiger partial charge in [0, 0.05) is 31.2 Å². The number of carbonyl (C=O) groups is 2. The highest BCUT2D eigenvalue weighted by Crippen LogP contribution is 2.15. The van der Waals surface area contributed by atoms with Crippen molar-refractivity contribution < 1.29 is 22.7 Å². The second kappa shape index (κ2) is 10.1. The number of ether oxygens (including phenoxy) is 1. The summed E-state index contributed by atoms with van der Waals surface area (Å²) in [7, 11) is -1.99. The van der Waals surface area contributed by atoms with E-state index in [0.29, 0.717) is 11.6 Å². The molecule has 0 radical (unpaired) electrons. The van der Waals surface area contributed by atoms with Crippen molar-refractivity contribution in [3.8, 4) is 0 Å². The molecule has 0 aliphatic rings. The van der Waals surface area contributed by atoms with Crippen molar-refractivity contribution in [1.29, 1.82) is 0 Å². The molecule has 0 saturated carbocycles. The molecule has 1 atom stereocenters. The summed E-state index contributed by atoms with van der Waals surface area (Å²) < 4.78 is 31.9. The molecular formula is C19H25N5O5S. The molecule has 1 aromatic heterocycles. The minimum Gasteiger partial charge on any atom is -0.451 e. The normalized spacial score (nSPS) is 12.3. The summed E-state index contributed by atoms with van der Waals surface area (Å²) in [6.45, 7) is 4.76. The lowest BCUT2D eigenvalue weighted by molar-refractivity contribution is -0.151. The first kappa shape index (κ1) is 23.2. The molecule has 30 heavy (non-hydrogen) atoms. The van der Waals surface area contributed by atoms with Crippen LogP contribution in [0.2, 0.25) is 0 Å². The van der Waals surface area contributed by atoms with E-state index in [1.54, 1.807) is 39.4 Å². The molecule has 10 nitrogen and oxygen atoms in total. The van der Waals surface area contributed by atoms with Crippen LogP contribution in [0.1, 0.15) is 20.8 Å². The third-order valence-electron chi connectivity index (χ3n) is 3.76. The van der Waals surface area contributed by atoms with Crippen LogP contribution >= 0.6 is 0 Å². The number of benzene rings is 1. The monoisotopic (exact) mass is 435 g/mol. The number of nitrogens with zero attached hydrogens (tertiary/aromatic N) is 3. The lowest BCUT2D eigenvalue weighted by atomic mass is 10.3. The Bertz CT molecular complexity index is 965. The molecule has 162 valence electrons. The van der Waals surface area contributed by atoms with Gasteiger partial charge < -0.3 is 15.0 Å². The van der Waals surface area contributed by atoms with E-state index in [1.807, 2.05) is 0 Å². The molecule has 1 amide bonds. The summed E-state index contributed by atoms with van der Waals surface area (Å²) in [4.78, 5) is 34.0. The Morgan fingerprint density at radius 3 is 2.27 bits per heavy atom. The average Bonchev–Trinajstić information content (AvgIpc) is 2.68. The minimum atomic E-state index is -3.62. The number of esters is 1. The molecule has 1 aromatic carbocycles. The molecule has 0 aliphatic carbocycles. The van der Waals surface area contributed by atoms with E-state index < -0.39 is 28.0 Å². The number of aromatic nitrogens is 2. The van der Waals surface area contributed by atoms with Crippen molar-refractivity contribution in [2.45, 2.75) is 37.8 Å². The molecule has 1 heterocycles. The van der Waals surface area contributed by atoms with Crippen LogP contribution < -0.4 is 14.9 Å². The summed E-state index contributed by atoms with van der Waals surface area (Å²) in [6, 6.07) is 7.10. The van der Waals surface area contributed by atoms with Crippen LogP contribution in [0.5, 0.6) is 0 Å². The van der Waals surface area contributed by atoms with E-state index in [2.05, 4.69) is 20.0 Å². The quantitative estimate of drug-likeness (QED) is 0.561. The second-order valence-corrected chi connectivity index (χ2v) is 8.54. The minimum absolute atomic E-state index is 0.0832. The van der Waals surface area contributed by atoms with Gasteiger partial charge in [0.1, 0.15) is 6.54 Å². The first-order valence-corrected chi connectivity index (χ1v) is 10.7. The molecule has 11 heteroatoms. The van der Waals surface area contributed by atoms with Crippen LogP contribution in [0.25, 0.3) is 0 Å². The smallest absolute Gasteiger partial charge is 0.326 e. The molecule has 0 unspecified atom stereocenters. The molecule has 2 aromatic rings. The van der Waals surface area contributed by atoms with Crippen LogP contribution in [0.15, 0.2) is 47.6 Å². The fraction of sp³-hybridized carbons (Fsp3) is 0.368. The van der Waals surface area contributed by atoms with Gasteiger partial charge in [0.2, 0.25) is 16.0 Å². The van der Waals surface area contributed by atoms with Gasteiger partial charge in [-0.05, 0) is 51.1 Å². The van der Waals surface area contributed by atoms with Gasteiger partial charge in [-0.15, -0.1) is 0 Å². The number of hydrogen-bond acceptors (Lipinski definition) is 8. The van der Waals surface area contributed by atoms with Crippen LogP contribution in [-0.4, -0.2) is 56.0 Å². The van der Waals surface area contributed by atoms with Crippen molar-refractivity contribution in [2.24, 2.45) is 0 Å². The van der Waals surface area contributed by atoms with Crippen LogP contribution in [0.3, 0.4) is 0 Å². The largest absolute Gasteiger partial charge is 0.451 e. The predicted molar refractivity (Wildman–Crippen MR) is 111 cm³/mol. The number of carbonyl (C=O) groups excluding carboxylic acids is 2. The Morgan fingerprint density at radius 2 is 1.70 bits per heavy atom. The van der Waals surface area contributed by atoms with Gasteiger partial charge in [-0.25, -0.2) is 23.1 Å². The Morgan fingerprint density at radius 1 is 1.10 bits per heavy atom. The number of likely N-dealkylation sites (N-methyl/N-ethyl adjacent to an activating group) is 1. The SMILES string of the molecule is CC(C)NS(=O)(=O)c1ccc(NC(=O)[C@@H](C)OC(=O)CN(C)c2ncccn2)cc1. The summed E-state index contributed by atoms with van der Waals surface area (Å²) in [6.07, 6.45) is 2.05. The van der Waals surface area contributed by atoms with Gasteiger partial charge >= 0.3 is 5.97 Å². The lowest BCUT2D eigenvalue weighted by Gasteiger charge is -2.18. The van der Waals surface area contributed by atoms with E-state index >= 15 is 0 Å². The van der Waals surface area contributed by atoms with Crippen molar-refractivity contribution in [2.75, 3.05) is 23.8 Å². The maximum atomic E-state index is 12.3. The highest BCUT2D eigenvalue weighted by molar-refractivity contribution is 7.89. The maximum absolute atomic E-state index is 12.3. The zero-order valence-corrected chi connectivity index (χ0v) is 18.0. The fourth-order valence-corrected chi connectivity index (χ4v) is 3.63. The van der Waals surface area contributed by atoms with Crippen LogP contribution in [0.4, 0.5) is 11.6 Å². The molecule has 0 saturated heterocycles. The average molecular weight is 436 g/mol. The van der Waals surface area contributed by atoms with Gasteiger partial charge in [-0.3, -0.25) is 9.59 Å². The van der Waals surface area contributed by atoms with Crippen molar-refractivity contribution in [1.82, 2.24) is 14.7 Å². The van der Waals surface area contributed by atoms with E-state index in [-0.39, 0.29) is 17.5 Å². The number of nitrogens with one attached hydrogen (secondary N) is 2. The van der Waals surface area contributed by atoms with Gasteiger partial charge in [-0.2, -0.15) is 0 Å². The summed E-state index contributed by atoms with van der Waals surface area (Å²) in [5.41, 5.74) is 0.376. The molecule has 0 spiro atoms. The van der Waals surface area contributed by atoms with E-state index in [4.69, 9.17) is 4.74 Å². The van der Waals surface area contributed by atoms with Crippen LogP contribution in [0, 0.1) is 0 Å². The lowest BCUT2D eigenvalue weighted by Crippen LogP contribution is -2.35. The number of sulfonamides is 1. The number of amides is 1. The summed E-state index contributed by atoms with van der Waals surface area (Å²) in [5, 5.41) is 2.58. The Hall–Kier alpha value is -3.05. The van der Waals surface area contributed by atoms with E-state index in [9.17, 15) is 18.0 Å². The topological polar surface area (TPSA) is 131 Å². The maximum Gasteiger partial charge on any atom is 0.326 e. The van der Waals surface area contributed by atoms with Crippen molar-refractivity contribution in [3.63, 3.8) is 0 Å². The van der Waals surface area contributed by atoms with Gasteiger partial charge in [-0.1, -0.05) is 0 Å². The molecule has 0 fully saturated rings. The molecule has 0 aliphatic heterocycles. The highest BCUT2D eigenvalue weighted by atomic mass is 32.2. The first-order chi connectivity index (χ1) is 14.1. The van der Waals surface area contributed by atoms with Crippen molar-refractivity contribution in [3.05, 3.63) is 42.7 Å². The second-order valence-electron chi connectivity index (χ2n) is 6.83. The molecule has 2 N–H and O–H groups in total. The third-order valence-corrected chi connectivity index (χ3v) is 5.43. The fourth-order valence-electron chi connectivity index (χ4n) is 2.38. The number of rotatable bonds is 9. The Labute approximate surface area is 175 Å². The van der Waals surface area contributed by atoms with Gasteiger partial charge in [0.05, 0.1) is 4.90 Å². The Balaban J connectivity index is 1.90. The van der Waals surface area contributed by atoms with Gasteiger partial charge in [0.15, 0.2) is 6.10 Å². The Kier molecular flexibility index (Phi) is 7.84. The standard InChI is InChI=1S/C19H25N5O5S/c1-13(2)23-30(27,28)16-8-6-15(7-9-16)22-18(26)14(3)29-17(25)12-24(4)19-20-10-5-11-21-19/h5-11,13-14,23H,12H2,1-4H3,(H,22,26)/t14-/m1/s1.